The lowest BCUT2D eigenvalue weighted by Gasteiger charge is -2.33. The number of carbonyl (C=O) groups excluding carboxylic acids is 1. The molecule has 5 heteroatoms. The maximum Gasteiger partial charge on any atom is 0.227 e. The van der Waals surface area contributed by atoms with Gasteiger partial charge in [-0.15, -0.1) is 0 Å². The van der Waals surface area contributed by atoms with Crippen molar-refractivity contribution in [3.05, 3.63) is 79.1 Å². The molecule has 1 aliphatic rings. The largest absolute Gasteiger partial charge is 0.371 e. The quantitative estimate of drug-likeness (QED) is 0.505. The number of aromatic nitrogens is 2. The summed E-state index contributed by atoms with van der Waals surface area (Å²) in [6, 6.07) is 22.8. The lowest BCUT2D eigenvalue weighted by Crippen LogP contribution is -2.38. The number of fused-ring (bicyclic) bond motifs is 1. The van der Waals surface area contributed by atoms with Crippen LogP contribution in [-0.2, 0) is 4.79 Å². The first kappa shape index (κ1) is 18.4. The van der Waals surface area contributed by atoms with Crippen molar-refractivity contribution in [3.63, 3.8) is 0 Å². The Bertz CT molecular complexity index is 1140. The fraction of sp³-hybridized carbons (Fsp3) is 0.200. The highest BCUT2D eigenvalue weighted by Crippen LogP contribution is 2.28. The highest BCUT2D eigenvalue weighted by molar-refractivity contribution is 6.02. The molecule has 150 valence electrons. The zero-order chi connectivity index (χ0) is 20.3. The monoisotopic (exact) mass is 396 g/mol. The molecule has 5 rings (SSSR count). The number of amides is 1. The van der Waals surface area contributed by atoms with E-state index >= 15 is 0 Å². The molecule has 1 aromatic heterocycles. The van der Waals surface area contributed by atoms with Gasteiger partial charge in [0.15, 0.2) is 0 Å². The van der Waals surface area contributed by atoms with E-state index < -0.39 is 0 Å². The third-order valence-corrected chi connectivity index (χ3v) is 5.98. The van der Waals surface area contributed by atoms with Crippen LogP contribution < -0.4 is 10.2 Å². The van der Waals surface area contributed by atoms with Crippen molar-refractivity contribution in [1.29, 1.82) is 0 Å². The minimum absolute atomic E-state index is 0.0467. The number of aromatic amines is 1. The van der Waals surface area contributed by atoms with Crippen LogP contribution in [0.15, 0.2) is 79.1 Å². The molecule has 2 N–H and O–H groups in total. The van der Waals surface area contributed by atoms with Gasteiger partial charge in [-0.2, -0.15) is 5.10 Å². The summed E-state index contributed by atoms with van der Waals surface area (Å²) in [5.41, 5.74) is 4.34. The van der Waals surface area contributed by atoms with Gasteiger partial charge in [0, 0.05) is 47.5 Å². The Kier molecular flexibility index (Phi) is 4.93. The predicted molar refractivity (Wildman–Crippen MR) is 122 cm³/mol. The van der Waals surface area contributed by atoms with Crippen LogP contribution in [0.1, 0.15) is 12.8 Å². The first-order chi connectivity index (χ1) is 14.8. The molecule has 0 saturated carbocycles. The van der Waals surface area contributed by atoms with Crippen LogP contribution >= 0.6 is 0 Å². The van der Waals surface area contributed by atoms with Crippen molar-refractivity contribution < 1.29 is 4.79 Å². The molecule has 2 heterocycles. The van der Waals surface area contributed by atoms with Crippen LogP contribution in [0.25, 0.3) is 21.9 Å². The fourth-order valence-electron chi connectivity index (χ4n) is 4.24. The van der Waals surface area contributed by atoms with Crippen LogP contribution in [0.5, 0.6) is 0 Å². The maximum absolute atomic E-state index is 12.9. The lowest BCUT2D eigenvalue weighted by atomic mass is 9.95. The third-order valence-electron chi connectivity index (χ3n) is 5.98. The van der Waals surface area contributed by atoms with Gasteiger partial charge in [0.2, 0.25) is 5.91 Å². The Hall–Kier alpha value is -3.60. The van der Waals surface area contributed by atoms with Gasteiger partial charge in [0.25, 0.3) is 0 Å². The van der Waals surface area contributed by atoms with Gasteiger partial charge in [-0.05, 0) is 42.0 Å². The maximum atomic E-state index is 12.9. The molecule has 4 aromatic rings. The number of anilines is 2. The van der Waals surface area contributed by atoms with E-state index in [-0.39, 0.29) is 11.8 Å². The summed E-state index contributed by atoms with van der Waals surface area (Å²) < 4.78 is 0. The average Bonchev–Trinajstić information content (AvgIpc) is 3.35. The van der Waals surface area contributed by atoms with E-state index in [4.69, 9.17) is 0 Å². The fourth-order valence-corrected chi connectivity index (χ4v) is 4.24. The SMILES string of the molecule is O=C(Nc1cccc2ccccc12)C1CCN(c2ccc(-c3cn[nH]c3)cc2)CC1. The molecular formula is C25H24N4O. The van der Waals surface area contributed by atoms with E-state index in [1.807, 2.05) is 36.7 Å². The second kappa shape index (κ2) is 8.03. The molecule has 3 aromatic carbocycles. The van der Waals surface area contributed by atoms with Gasteiger partial charge in [-0.1, -0.05) is 48.5 Å². The molecule has 0 radical (unpaired) electrons. The summed E-state index contributed by atoms with van der Waals surface area (Å²) in [5, 5.41) is 12.3. The Morgan fingerprint density at radius 3 is 2.47 bits per heavy atom. The van der Waals surface area contributed by atoms with Gasteiger partial charge >= 0.3 is 0 Å². The van der Waals surface area contributed by atoms with Crippen LogP contribution in [0.3, 0.4) is 0 Å². The number of piperidine rings is 1. The number of benzene rings is 3. The molecule has 1 aliphatic heterocycles. The predicted octanol–water partition coefficient (Wildman–Crippen LogP) is 5.09. The van der Waals surface area contributed by atoms with Gasteiger partial charge in [0.1, 0.15) is 0 Å². The topological polar surface area (TPSA) is 61.0 Å². The van der Waals surface area contributed by atoms with E-state index in [2.05, 4.69) is 62.9 Å². The highest BCUT2D eigenvalue weighted by atomic mass is 16.1. The summed E-state index contributed by atoms with van der Waals surface area (Å²) in [7, 11) is 0. The van der Waals surface area contributed by atoms with E-state index in [9.17, 15) is 4.79 Å². The van der Waals surface area contributed by atoms with Crippen molar-refractivity contribution >= 4 is 28.1 Å². The summed E-state index contributed by atoms with van der Waals surface area (Å²) in [6.45, 7) is 1.78. The van der Waals surface area contributed by atoms with E-state index in [1.165, 1.54) is 5.69 Å². The molecule has 1 saturated heterocycles. The first-order valence-corrected chi connectivity index (χ1v) is 10.4. The van der Waals surface area contributed by atoms with Crippen LogP contribution in [0, 0.1) is 5.92 Å². The Morgan fingerprint density at radius 1 is 0.933 bits per heavy atom. The minimum Gasteiger partial charge on any atom is -0.371 e. The molecule has 0 spiro atoms. The van der Waals surface area contributed by atoms with Crippen molar-refractivity contribution in [2.24, 2.45) is 5.92 Å². The molecule has 1 amide bonds. The molecule has 0 atom stereocenters. The Balaban J connectivity index is 1.22. The summed E-state index contributed by atoms with van der Waals surface area (Å²) in [5.74, 6) is 0.173. The van der Waals surface area contributed by atoms with Crippen LogP contribution in [-0.4, -0.2) is 29.2 Å². The molecule has 0 unspecified atom stereocenters. The van der Waals surface area contributed by atoms with Crippen molar-refractivity contribution in [1.82, 2.24) is 10.2 Å². The molecule has 30 heavy (non-hydrogen) atoms. The Labute approximate surface area is 175 Å². The van der Waals surface area contributed by atoms with Crippen LogP contribution in [0.2, 0.25) is 0 Å². The second-order valence-electron chi connectivity index (χ2n) is 7.81. The number of carbonyl (C=O) groups is 1. The van der Waals surface area contributed by atoms with Gasteiger partial charge in [-0.3, -0.25) is 9.89 Å². The highest BCUT2D eigenvalue weighted by Gasteiger charge is 2.25. The molecule has 5 nitrogen and oxygen atoms in total. The normalized spacial score (nSPS) is 14.7. The number of H-pyrrole nitrogens is 1. The van der Waals surface area contributed by atoms with Crippen molar-refractivity contribution in [2.45, 2.75) is 12.8 Å². The van der Waals surface area contributed by atoms with E-state index in [0.29, 0.717) is 0 Å². The Morgan fingerprint density at radius 2 is 1.70 bits per heavy atom. The van der Waals surface area contributed by atoms with Crippen LogP contribution in [0.4, 0.5) is 11.4 Å². The molecule has 1 fully saturated rings. The second-order valence-corrected chi connectivity index (χ2v) is 7.81. The zero-order valence-electron chi connectivity index (χ0n) is 16.7. The number of nitrogens with zero attached hydrogens (tertiary/aromatic N) is 2. The molecule has 0 aliphatic carbocycles. The van der Waals surface area contributed by atoms with Gasteiger partial charge in [0.05, 0.1) is 6.20 Å². The minimum atomic E-state index is 0.0467. The zero-order valence-corrected chi connectivity index (χ0v) is 16.7. The van der Waals surface area contributed by atoms with E-state index in [0.717, 1.165) is 53.5 Å². The third kappa shape index (κ3) is 3.66. The summed E-state index contributed by atoms with van der Waals surface area (Å²) in [6.07, 6.45) is 5.45. The number of rotatable bonds is 4. The van der Waals surface area contributed by atoms with Crippen molar-refractivity contribution in [2.75, 3.05) is 23.3 Å². The standard InChI is InChI=1S/C25H24N4O/c30-25(28-24-7-3-5-19-4-1-2-6-23(19)24)20-12-14-29(15-13-20)22-10-8-18(9-11-22)21-16-26-27-17-21/h1-11,16-17,20H,12-15H2,(H,26,27)(H,28,30). The first-order valence-electron chi connectivity index (χ1n) is 10.4. The van der Waals surface area contributed by atoms with Gasteiger partial charge in [-0.25, -0.2) is 0 Å². The number of hydrogen-bond donors (Lipinski definition) is 2. The smallest absolute Gasteiger partial charge is 0.227 e. The lowest BCUT2D eigenvalue weighted by molar-refractivity contribution is -0.120. The molecular weight excluding hydrogens is 372 g/mol. The number of hydrogen-bond acceptors (Lipinski definition) is 3. The summed E-state index contributed by atoms with van der Waals surface area (Å²) in [4.78, 5) is 15.3. The molecule has 0 bridgehead atoms. The van der Waals surface area contributed by atoms with Gasteiger partial charge < -0.3 is 10.2 Å². The van der Waals surface area contributed by atoms with Crippen molar-refractivity contribution in [3.8, 4) is 11.1 Å². The van der Waals surface area contributed by atoms with E-state index in [1.54, 1.807) is 0 Å². The number of nitrogens with one attached hydrogen (secondary N) is 2. The average molecular weight is 396 g/mol. The summed E-state index contributed by atoms with van der Waals surface area (Å²) >= 11 is 0.